The zero-order valence-corrected chi connectivity index (χ0v) is 19.6. The fraction of sp³-hybridized carbons (Fsp3) is 0.391. The van der Waals surface area contributed by atoms with E-state index in [0.717, 1.165) is 11.1 Å². The van der Waals surface area contributed by atoms with Gasteiger partial charge in [-0.2, -0.15) is 4.31 Å². The topological polar surface area (TPSA) is 105 Å². The number of hydrogen-bond acceptors (Lipinski definition) is 7. The molecule has 1 N–H and O–H groups in total. The van der Waals surface area contributed by atoms with Gasteiger partial charge in [-0.3, -0.25) is 4.79 Å². The Morgan fingerprint density at radius 1 is 1.12 bits per heavy atom. The molecule has 2 heterocycles. The van der Waals surface area contributed by atoms with Gasteiger partial charge in [0.2, 0.25) is 15.9 Å². The van der Waals surface area contributed by atoms with Crippen molar-refractivity contribution in [2.45, 2.75) is 25.2 Å². The van der Waals surface area contributed by atoms with Crippen LogP contribution in [0.15, 0.2) is 51.9 Å². The van der Waals surface area contributed by atoms with Crippen molar-refractivity contribution in [3.8, 4) is 0 Å². The van der Waals surface area contributed by atoms with E-state index in [2.05, 4.69) is 15.4 Å². The number of morpholine rings is 1. The number of nitrogens with one attached hydrogen (secondary N) is 1. The number of para-hydroxylation sites is 1. The standard InChI is InChI=1S/C23H28N4O5S/c1-3-26(4-2)21-10-9-17(33(29,30)27-11-13-31-14-12-27)15-20(21)24-23(28)16-19-18-7-5-6-8-22(18)32-25-19/h5-10,15H,3-4,11-14,16H2,1-2H3,(H,24,28). The third-order valence-electron chi connectivity index (χ3n) is 5.73. The second-order valence-electron chi connectivity index (χ2n) is 7.72. The van der Waals surface area contributed by atoms with E-state index >= 15 is 0 Å². The largest absolute Gasteiger partial charge is 0.379 e. The molecule has 1 saturated heterocycles. The second-order valence-corrected chi connectivity index (χ2v) is 9.66. The maximum Gasteiger partial charge on any atom is 0.243 e. The van der Waals surface area contributed by atoms with Crippen molar-refractivity contribution < 1.29 is 22.5 Å². The summed E-state index contributed by atoms with van der Waals surface area (Å²) >= 11 is 0. The number of aromatic nitrogens is 1. The first-order valence-corrected chi connectivity index (χ1v) is 12.5. The van der Waals surface area contributed by atoms with E-state index in [-0.39, 0.29) is 17.2 Å². The minimum atomic E-state index is -3.70. The predicted molar refractivity (Wildman–Crippen MR) is 126 cm³/mol. The van der Waals surface area contributed by atoms with Gasteiger partial charge in [0.25, 0.3) is 0 Å². The predicted octanol–water partition coefficient (Wildman–Crippen LogP) is 2.88. The van der Waals surface area contributed by atoms with Crippen LogP contribution in [-0.2, 0) is 26.0 Å². The molecule has 0 radical (unpaired) electrons. The van der Waals surface area contributed by atoms with E-state index in [0.29, 0.717) is 56.4 Å². The molecule has 33 heavy (non-hydrogen) atoms. The molecule has 1 aliphatic heterocycles. The average molecular weight is 473 g/mol. The number of amides is 1. The lowest BCUT2D eigenvalue weighted by atomic mass is 10.1. The van der Waals surface area contributed by atoms with Crippen molar-refractivity contribution in [2.24, 2.45) is 0 Å². The summed E-state index contributed by atoms with van der Waals surface area (Å²) in [5.74, 6) is -0.302. The van der Waals surface area contributed by atoms with Gasteiger partial charge in [-0.1, -0.05) is 17.3 Å². The molecule has 0 unspecified atom stereocenters. The maximum atomic E-state index is 13.2. The van der Waals surface area contributed by atoms with Gasteiger partial charge in [0.15, 0.2) is 5.58 Å². The van der Waals surface area contributed by atoms with Crippen molar-refractivity contribution in [3.05, 3.63) is 48.2 Å². The van der Waals surface area contributed by atoms with Gasteiger partial charge in [0.1, 0.15) is 5.69 Å². The molecule has 0 spiro atoms. The summed E-state index contributed by atoms with van der Waals surface area (Å²) < 4.78 is 38.3. The molecule has 2 aromatic carbocycles. The Kier molecular flexibility index (Phi) is 6.96. The lowest BCUT2D eigenvalue weighted by Crippen LogP contribution is -2.40. The van der Waals surface area contributed by atoms with E-state index in [9.17, 15) is 13.2 Å². The average Bonchev–Trinajstić information content (AvgIpc) is 3.24. The first-order chi connectivity index (χ1) is 15.9. The lowest BCUT2D eigenvalue weighted by molar-refractivity contribution is -0.115. The first kappa shape index (κ1) is 23.2. The Labute approximate surface area is 193 Å². The van der Waals surface area contributed by atoms with Crippen LogP contribution < -0.4 is 10.2 Å². The fourth-order valence-corrected chi connectivity index (χ4v) is 5.40. The highest BCUT2D eigenvalue weighted by molar-refractivity contribution is 7.89. The molecule has 10 heteroatoms. The number of fused-ring (bicyclic) bond motifs is 1. The van der Waals surface area contributed by atoms with Crippen LogP contribution >= 0.6 is 0 Å². The van der Waals surface area contributed by atoms with E-state index < -0.39 is 10.0 Å². The molecule has 1 aliphatic rings. The Bertz CT molecular complexity index is 1230. The Hall–Kier alpha value is -2.95. The summed E-state index contributed by atoms with van der Waals surface area (Å²) in [5, 5.41) is 7.71. The fourth-order valence-electron chi connectivity index (χ4n) is 3.96. The van der Waals surface area contributed by atoms with Gasteiger partial charge < -0.3 is 19.5 Å². The van der Waals surface area contributed by atoms with Crippen LogP contribution in [0.1, 0.15) is 19.5 Å². The number of sulfonamides is 1. The summed E-state index contributed by atoms with van der Waals surface area (Å²) in [5.41, 5.74) is 2.36. The van der Waals surface area contributed by atoms with E-state index in [1.165, 1.54) is 10.4 Å². The monoisotopic (exact) mass is 472 g/mol. The van der Waals surface area contributed by atoms with Gasteiger partial charge in [0, 0.05) is 31.6 Å². The number of nitrogens with zero attached hydrogens (tertiary/aromatic N) is 3. The van der Waals surface area contributed by atoms with Crippen molar-refractivity contribution in [1.82, 2.24) is 9.46 Å². The van der Waals surface area contributed by atoms with Crippen molar-refractivity contribution in [1.29, 1.82) is 0 Å². The third-order valence-corrected chi connectivity index (χ3v) is 7.63. The van der Waals surface area contributed by atoms with Crippen molar-refractivity contribution >= 4 is 38.3 Å². The highest BCUT2D eigenvalue weighted by Gasteiger charge is 2.27. The van der Waals surface area contributed by atoms with Crippen LogP contribution in [0, 0.1) is 0 Å². The van der Waals surface area contributed by atoms with E-state index in [4.69, 9.17) is 9.26 Å². The minimum Gasteiger partial charge on any atom is -0.379 e. The van der Waals surface area contributed by atoms with Crippen molar-refractivity contribution in [2.75, 3.05) is 49.6 Å². The third kappa shape index (κ3) is 4.87. The Morgan fingerprint density at radius 3 is 2.58 bits per heavy atom. The molecular weight excluding hydrogens is 444 g/mol. The lowest BCUT2D eigenvalue weighted by Gasteiger charge is -2.28. The quantitative estimate of drug-likeness (QED) is 0.537. The smallest absolute Gasteiger partial charge is 0.243 e. The summed E-state index contributed by atoms with van der Waals surface area (Å²) in [6.07, 6.45) is 0.00907. The molecule has 1 aromatic heterocycles. The summed E-state index contributed by atoms with van der Waals surface area (Å²) in [4.78, 5) is 15.2. The number of rotatable bonds is 8. The number of carbonyl (C=O) groups excluding carboxylic acids is 1. The molecule has 0 saturated carbocycles. The van der Waals surface area contributed by atoms with Gasteiger partial charge in [0.05, 0.1) is 35.9 Å². The van der Waals surface area contributed by atoms with Crippen LogP contribution in [0.5, 0.6) is 0 Å². The molecule has 4 rings (SSSR count). The molecule has 9 nitrogen and oxygen atoms in total. The zero-order valence-electron chi connectivity index (χ0n) is 18.8. The highest BCUT2D eigenvalue weighted by atomic mass is 32.2. The Morgan fingerprint density at radius 2 is 1.85 bits per heavy atom. The van der Waals surface area contributed by atoms with E-state index in [1.807, 2.05) is 32.0 Å². The van der Waals surface area contributed by atoms with Crippen LogP contribution in [0.2, 0.25) is 0 Å². The number of benzene rings is 2. The normalized spacial score (nSPS) is 15.0. The number of carbonyl (C=O) groups is 1. The minimum absolute atomic E-state index is 0.00907. The summed E-state index contributed by atoms with van der Waals surface area (Å²) in [6, 6.07) is 12.2. The molecule has 3 aromatic rings. The maximum absolute atomic E-state index is 13.2. The molecule has 1 fully saturated rings. The highest BCUT2D eigenvalue weighted by Crippen LogP contribution is 2.31. The van der Waals surface area contributed by atoms with Crippen LogP contribution in [0.3, 0.4) is 0 Å². The molecule has 0 aliphatic carbocycles. The van der Waals surface area contributed by atoms with Gasteiger partial charge in [-0.25, -0.2) is 8.42 Å². The molecule has 176 valence electrons. The van der Waals surface area contributed by atoms with Gasteiger partial charge in [-0.15, -0.1) is 0 Å². The Balaban J connectivity index is 1.63. The molecular formula is C23H28N4O5S. The van der Waals surface area contributed by atoms with E-state index in [1.54, 1.807) is 18.2 Å². The SMILES string of the molecule is CCN(CC)c1ccc(S(=O)(=O)N2CCOCC2)cc1NC(=O)Cc1noc2ccccc12. The number of hydrogen-bond donors (Lipinski definition) is 1. The number of anilines is 2. The molecule has 0 bridgehead atoms. The number of ether oxygens (including phenoxy) is 1. The summed E-state index contributed by atoms with van der Waals surface area (Å²) in [7, 11) is -3.70. The summed E-state index contributed by atoms with van der Waals surface area (Å²) in [6.45, 7) is 6.79. The van der Waals surface area contributed by atoms with Gasteiger partial charge in [-0.05, 0) is 44.2 Å². The molecule has 1 amide bonds. The molecule has 0 atom stereocenters. The van der Waals surface area contributed by atoms with Crippen LogP contribution in [-0.4, -0.2) is 63.2 Å². The van der Waals surface area contributed by atoms with Crippen molar-refractivity contribution in [3.63, 3.8) is 0 Å². The second kappa shape index (κ2) is 9.90. The zero-order chi connectivity index (χ0) is 23.4. The van der Waals surface area contributed by atoms with Crippen LogP contribution in [0.4, 0.5) is 11.4 Å². The van der Waals surface area contributed by atoms with Crippen LogP contribution in [0.25, 0.3) is 11.0 Å². The first-order valence-electron chi connectivity index (χ1n) is 11.0. The van der Waals surface area contributed by atoms with Gasteiger partial charge >= 0.3 is 0 Å².